The summed E-state index contributed by atoms with van der Waals surface area (Å²) in [6.45, 7) is 2.17. The molecule has 0 unspecified atom stereocenters. The molecule has 4 heteroatoms. The number of benzene rings is 1. The second kappa shape index (κ2) is 4.60. The lowest BCUT2D eigenvalue weighted by Gasteiger charge is -2.10. The van der Waals surface area contributed by atoms with Crippen LogP contribution in [0.1, 0.15) is 17.3 Å². The van der Waals surface area contributed by atoms with Crippen molar-refractivity contribution in [2.24, 2.45) is 0 Å². The Bertz CT molecular complexity index is 336. The van der Waals surface area contributed by atoms with E-state index in [9.17, 15) is 9.18 Å². The minimum Gasteiger partial charge on any atom is -0.493 e. The van der Waals surface area contributed by atoms with Crippen LogP contribution in [0.5, 0.6) is 11.5 Å². The molecule has 0 N–H and O–H groups in total. The SMILES string of the molecule is CCOc1c(C=O)cc(F)cc1OC. The predicted molar refractivity (Wildman–Crippen MR) is 49.5 cm³/mol. The van der Waals surface area contributed by atoms with Gasteiger partial charge in [-0.3, -0.25) is 4.79 Å². The first-order valence-electron chi connectivity index (χ1n) is 4.18. The molecule has 0 aliphatic carbocycles. The van der Waals surface area contributed by atoms with E-state index in [0.29, 0.717) is 12.9 Å². The van der Waals surface area contributed by atoms with Gasteiger partial charge in [-0.25, -0.2) is 4.39 Å². The predicted octanol–water partition coefficient (Wildman–Crippen LogP) is 2.05. The van der Waals surface area contributed by atoms with E-state index in [1.807, 2.05) is 0 Å². The van der Waals surface area contributed by atoms with E-state index in [-0.39, 0.29) is 17.1 Å². The molecule has 1 aromatic rings. The van der Waals surface area contributed by atoms with Gasteiger partial charge in [0.15, 0.2) is 17.8 Å². The number of halogens is 1. The van der Waals surface area contributed by atoms with Gasteiger partial charge in [0.2, 0.25) is 0 Å². The van der Waals surface area contributed by atoms with Gasteiger partial charge in [-0.05, 0) is 13.0 Å². The lowest BCUT2D eigenvalue weighted by atomic mass is 10.2. The molecular formula is C10H11FO3. The Hall–Kier alpha value is -1.58. The fourth-order valence-electron chi connectivity index (χ4n) is 1.13. The number of methoxy groups -OCH3 is 1. The minimum atomic E-state index is -0.521. The second-order valence-corrected chi connectivity index (χ2v) is 2.58. The zero-order valence-corrected chi connectivity index (χ0v) is 8.04. The maximum absolute atomic E-state index is 12.9. The molecule has 1 rings (SSSR count). The highest BCUT2D eigenvalue weighted by atomic mass is 19.1. The molecule has 0 atom stereocenters. The quantitative estimate of drug-likeness (QED) is 0.694. The van der Waals surface area contributed by atoms with Crippen molar-refractivity contribution in [2.45, 2.75) is 6.92 Å². The zero-order valence-electron chi connectivity index (χ0n) is 8.04. The molecule has 0 aliphatic heterocycles. The Morgan fingerprint density at radius 3 is 2.71 bits per heavy atom. The van der Waals surface area contributed by atoms with Crippen molar-refractivity contribution in [3.05, 3.63) is 23.5 Å². The smallest absolute Gasteiger partial charge is 0.171 e. The van der Waals surface area contributed by atoms with Crippen molar-refractivity contribution in [3.63, 3.8) is 0 Å². The summed E-state index contributed by atoms with van der Waals surface area (Å²) in [5, 5.41) is 0. The maximum atomic E-state index is 12.9. The number of rotatable bonds is 4. The first kappa shape index (κ1) is 10.5. The molecule has 76 valence electrons. The third-order valence-electron chi connectivity index (χ3n) is 1.68. The molecule has 3 nitrogen and oxygen atoms in total. The van der Waals surface area contributed by atoms with Crippen LogP contribution in [0.3, 0.4) is 0 Å². The van der Waals surface area contributed by atoms with E-state index in [4.69, 9.17) is 9.47 Å². The molecule has 0 aliphatic rings. The fourth-order valence-corrected chi connectivity index (χ4v) is 1.13. The van der Waals surface area contributed by atoms with Gasteiger partial charge in [0.25, 0.3) is 0 Å². The Morgan fingerprint density at radius 1 is 1.50 bits per heavy atom. The summed E-state index contributed by atoms with van der Waals surface area (Å²) in [6, 6.07) is 2.29. The molecule has 0 heterocycles. The number of carbonyl (C=O) groups excluding carboxylic acids is 1. The standard InChI is InChI=1S/C10H11FO3/c1-3-14-10-7(6-12)4-8(11)5-9(10)13-2/h4-6H,3H2,1-2H3. The van der Waals surface area contributed by atoms with Crippen LogP contribution in [0, 0.1) is 5.82 Å². The van der Waals surface area contributed by atoms with E-state index < -0.39 is 5.82 Å². The van der Waals surface area contributed by atoms with Gasteiger partial charge in [0, 0.05) is 6.07 Å². The molecule has 0 saturated carbocycles. The lowest BCUT2D eigenvalue weighted by Crippen LogP contribution is -2.00. The van der Waals surface area contributed by atoms with Gasteiger partial charge >= 0.3 is 0 Å². The Balaban J connectivity index is 3.24. The Labute approximate surface area is 81.4 Å². The first-order valence-corrected chi connectivity index (χ1v) is 4.18. The fraction of sp³-hybridized carbons (Fsp3) is 0.300. The average molecular weight is 198 g/mol. The molecule has 0 aromatic heterocycles. The molecule has 0 spiro atoms. The normalized spacial score (nSPS) is 9.64. The van der Waals surface area contributed by atoms with Crippen LogP contribution < -0.4 is 9.47 Å². The number of aldehydes is 1. The number of hydrogen-bond acceptors (Lipinski definition) is 3. The molecule has 0 amide bonds. The van der Waals surface area contributed by atoms with Gasteiger partial charge in [-0.2, -0.15) is 0 Å². The molecule has 0 fully saturated rings. The third kappa shape index (κ3) is 2.02. The zero-order chi connectivity index (χ0) is 10.6. The highest BCUT2D eigenvalue weighted by molar-refractivity contribution is 5.81. The lowest BCUT2D eigenvalue weighted by molar-refractivity contribution is 0.111. The van der Waals surface area contributed by atoms with Crippen molar-refractivity contribution in [1.29, 1.82) is 0 Å². The van der Waals surface area contributed by atoms with Crippen LogP contribution in [-0.4, -0.2) is 20.0 Å². The van der Waals surface area contributed by atoms with Gasteiger partial charge in [-0.1, -0.05) is 0 Å². The van der Waals surface area contributed by atoms with Gasteiger partial charge in [0.05, 0.1) is 19.3 Å². The van der Waals surface area contributed by atoms with Crippen LogP contribution in [0.15, 0.2) is 12.1 Å². The van der Waals surface area contributed by atoms with Crippen molar-refractivity contribution >= 4 is 6.29 Å². The maximum Gasteiger partial charge on any atom is 0.171 e. The van der Waals surface area contributed by atoms with E-state index in [2.05, 4.69) is 0 Å². The topological polar surface area (TPSA) is 35.5 Å². The molecule has 0 bridgehead atoms. The van der Waals surface area contributed by atoms with Crippen LogP contribution in [-0.2, 0) is 0 Å². The Kier molecular flexibility index (Phi) is 3.45. The summed E-state index contributed by atoms with van der Waals surface area (Å²) >= 11 is 0. The third-order valence-corrected chi connectivity index (χ3v) is 1.68. The van der Waals surface area contributed by atoms with Crippen molar-refractivity contribution in [2.75, 3.05) is 13.7 Å². The van der Waals surface area contributed by atoms with Crippen LogP contribution >= 0.6 is 0 Å². The molecule has 14 heavy (non-hydrogen) atoms. The van der Waals surface area contributed by atoms with Gasteiger partial charge in [-0.15, -0.1) is 0 Å². The van der Waals surface area contributed by atoms with Gasteiger partial charge < -0.3 is 9.47 Å². The van der Waals surface area contributed by atoms with Crippen LogP contribution in [0.25, 0.3) is 0 Å². The molecule has 0 saturated heterocycles. The number of carbonyl (C=O) groups is 1. The summed E-state index contributed by atoms with van der Waals surface area (Å²) in [7, 11) is 1.39. The molecule has 1 aromatic carbocycles. The summed E-state index contributed by atoms with van der Waals surface area (Å²) in [5.74, 6) is -0.00671. The van der Waals surface area contributed by atoms with E-state index in [1.165, 1.54) is 13.2 Å². The van der Waals surface area contributed by atoms with Gasteiger partial charge in [0.1, 0.15) is 5.82 Å². The minimum absolute atomic E-state index is 0.156. The molecular weight excluding hydrogens is 187 g/mol. The van der Waals surface area contributed by atoms with E-state index in [0.717, 1.165) is 6.07 Å². The average Bonchev–Trinajstić information content (AvgIpc) is 2.20. The van der Waals surface area contributed by atoms with Crippen molar-refractivity contribution in [1.82, 2.24) is 0 Å². The largest absolute Gasteiger partial charge is 0.493 e. The van der Waals surface area contributed by atoms with Crippen molar-refractivity contribution in [3.8, 4) is 11.5 Å². The summed E-state index contributed by atoms with van der Waals surface area (Å²) in [6.07, 6.45) is 0.538. The van der Waals surface area contributed by atoms with E-state index in [1.54, 1.807) is 6.92 Å². The second-order valence-electron chi connectivity index (χ2n) is 2.58. The van der Waals surface area contributed by atoms with E-state index >= 15 is 0 Å². The van der Waals surface area contributed by atoms with Crippen LogP contribution in [0.4, 0.5) is 4.39 Å². The number of ether oxygens (including phenoxy) is 2. The summed E-state index contributed by atoms with van der Waals surface area (Å²) in [4.78, 5) is 10.6. The number of hydrogen-bond donors (Lipinski definition) is 0. The summed E-state index contributed by atoms with van der Waals surface area (Å²) < 4.78 is 23.0. The molecule has 0 radical (unpaired) electrons. The van der Waals surface area contributed by atoms with Crippen molar-refractivity contribution < 1.29 is 18.7 Å². The Morgan fingerprint density at radius 2 is 2.21 bits per heavy atom. The van der Waals surface area contributed by atoms with Crippen LogP contribution in [0.2, 0.25) is 0 Å². The summed E-state index contributed by atoms with van der Waals surface area (Å²) in [5.41, 5.74) is 0.156. The highest BCUT2D eigenvalue weighted by Gasteiger charge is 2.12. The monoisotopic (exact) mass is 198 g/mol. The highest BCUT2D eigenvalue weighted by Crippen LogP contribution is 2.31. The first-order chi connectivity index (χ1) is 6.72.